The highest BCUT2D eigenvalue weighted by atomic mass is 127. The first-order valence-electron chi connectivity index (χ1n) is 7.36. The topological polar surface area (TPSA) is 27.6 Å². The summed E-state index contributed by atoms with van der Waals surface area (Å²) in [6, 6.07) is 8.71. The number of benzene rings is 1. The zero-order valence-corrected chi connectivity index (χ0v) is 15.3. The molecule has 1 aromatic carbocycles. The van der Waals surface area contributed by atoms with Crippen molar-refractivity contribution in [1.29, 1.82) is 0 Å². The Balaban J connectivity index is 0.00000220. The van der Waals surface area contributed by atoms with Gasteiger partial charge in [-0.2, -0.15) is 0 Å². The van der Waals surface area contributed by atoms with Gasteiger partial charge < -0.3 is 10.2 Å². The molecule has 0 heterocycles. The highest BCUT2D eigenvalue weighted by molar-refractivity contribution is 14.0. The average molecular weight is 399 g/mol. The van der Waals surface area contributed by atoms with Gasteiger partial charge in [0.15, 0.2) is 5.96 Å². The molecule has 21 heavy (non-hydrogen) atoms. The number of fused-ring (bicyclic) bond motifs is 1. The van der Waals surface area contributed by atoms with Crippen molar-refractivity contribution in [3.8, 4) is 0 Å². The van der Waals surface area contributed by atoms with Gasteiger partial charge >= 0.3 is 0 Å². The number of hydrogen-bond donors (Lipinski definition) is 1. The van der Waals surface area contributed by atoms with Gasteiger partial charge in [0.1, 0.15) is 0 Å². The number of hydrogen-bond acceptors (Lipinski definition) is 1. The molecule has 1 aliphatic rings. The van der Waals surface area contributed by atoms with E-state index in [0.717, 1.165) is 31.9 Å². The van der Waals surface area contributed by atoms with Gasteiger partial charge in [0, 0.05) is 33.1 Å². The van der Waals surface area contributed by atoms with Crippen molar-refractivity contribution in [1.82, 2.24) is 10.2 Å². The number of allylic oxidation sites excluding steroid dienone is 1. The van der Waals surface area contributed by atoms with E-state index in [1.807, 2.05) is 13.1 Å². The third-order valence-corrected chi connectivity index (χ3v) is 3.94. The van der Waals surface area contributed by atoms with Crippen LogP contribution >= 0.6 is 24.0 Å². The molecule has 0 aromatic heterocycles. The molecule has 1 aromatic rings. The number of aliphatic imine (C=N–C) groups is 1. The van der Waals surface area contributed by atoms with E-state index in [9.17, 15) is 0 Å². The van der Waals surface area contributed by atoms with Crippen LogP contribution in [0.25, 0.3) is 0 Å². The van der Waals surface area contributed by atoms with Crippen LogP contribution in [0, 0.1) is 0 Å². The van der Waals surface area contributed by atoms with Crippen molar-refractivity contribution in [2.45, 2.75) is 25.2 Å². The predicted molar refractivity (Wildman–Crippen MR) is 102 cm³/mol. The van der Waals surface area contributed by atoms with E-state index in [0.29, 0.717) is 5.92 Å². The van der Waals surface area contributed by atoms with E-state index < -0.39 is 0 Å². The van der Waals surface area contributed by atoms with Crippen molar-refractivity contribution in [2.75, 3.05) is 27.2 Å². The lowest BCUT2D eigenvalue weighted by Gasteiger charge is -2.32. The van der Waals surface area contributed by atoms with Crippen LogP contribution < -0.4 is 5.32 Å². The van der Waals surface area contributed by atoms with Crippen LogP contribution in [0.5, 0.6) is 0 Å². The summed E-state index contributed by atoms with van der Waals surface area (Å²) in [5.41, 5.74) is 2.98. The molecule has 2 rings (SSSR count). The maximum Gasteiger partial charge on any atom is 0.193 e. The average Bonchev–Trinajstić information content (AvgIpc) is 2.44. The third-order valence-electron chi connectivity index (χ3n) is 3.94. The summed E-state index contributed by atoms with van der Waals surface area (Å²) in [7, 11) is 3.94. The summed E-state index contributed by atoms with van der Waals surface area (Å²) in [5, 5.41) is 3.49. The van der Waals surface area contributed by atoms with E-state index in [1.165, 1.54) is 17.5 Å². The summed E-state index contributed by atoms with van der Waals surface area (Å²) < 4.78 is 0. The summed E-state index contributed by atoms with van der Waals surface area (Å²) >= 11 is 0. The summed E-state index contributed by atoms with van der Waals surface area (Å²) in [6.07, 6.45) is 5.32. The molecule has 3 nitrogen and oxygen atoms in total. The fourth-order valence-corrected chi connectivity index (χ4v) is 2.72. The van der Waals surface area contributed by atoms with Crippen LogP contribution in [-0.2, 0) is 6.42 Å². The Kier molecular flexibility index (Phi) is 7.78. The molecule has 0 aliphatic heterocycles. The Hall–Kier alpha value is -1.04. The molecular weight excluding hydrogens is 373 g/mol. The minimum Gasteiger partial charge on any atom is -0.356 e. The van der Waals surface area contributed by atoms with Gasteiger partial charge in [-0.3, -0.25) is 4.99 Å². The minimum atomic E-state index is 0. The van der Waals surface area contributed by atoms with Crippen molar-refractivity contribution in [3.63, 3.8) is 0 Å². The second kappa shape index (κ2) is 9.07. The lowest BCUT2D eigenvalue weighted by Crippen LogP contribution is -2.42. The van der Waals surface area contributed by atoms with Crippen molar-refractivity contribution >= 4 is 29.9 Å². The second-order valence-corrected chi connectivity index (χ2v) is 5.38. The van der Waals surface area contributed by atoms with Gasteiger partial charge in [-0.25, -0.2) is 0 Å². The first kappa shape index (κ1) is 18.0. The minimum absolute atomic E-state index is 0. The molecule has 4 heteroatoms. The SMILES string of the molecule is C=CCCCN(C)C(=NC)NCC1Cc2ccccc21.I. The van der Waals surface area contributed by atoms with Gasteiger partial charge in [-0.05, 0) is 30.4 Å². The largest absolute Gasteiger partial charge is 0.356 e. The molecule has 0 saturated heterocycles. The van der Waals surface area contributed by atoms with Crippen LogP contribution in [-0.4, -0.2) is 38.0 Å². The third kappa shape index (κ3) is 4.73. The molecule has 0 bridgehead atoms. The molecule has 0 fully saturated rings. The van der Waals surface area contributed by atoms with Gasteiger partial charge in [0.25, 0.3) is 0 Å². The van der Waals surface area contributed by atoms with Crippen LogP contribution in [0.3, 0.4) is 0 Å². The predicted octanol–water partition coefficient (Wildman–Crippen LogP) is 3.42. The maximum absolute atomic E-state index is 4.36. The Morgan fingerprint density at radius 2 is 2.24 bits per heavy atom. The molecule has 0 radical (unpaired) electrons. The normalized spacial score (nSPS) is 16.3. The first-order valence-corrected chi connectivity index (χ1v) is 7.36. The number of halogens is 1. The van der Waals surface area contributed by atoms with Crippen molar-refractivity contribution in [3.05, 3.63) is 48.0 Å². The zero-order valence-electron chi connectivity index (χ0n) is 13.0. The molecule has 1 N–H and O–H groups in total. The summed E-state index contributed by atoms with van der Waals surface area (Å²) in [5.74, 6) is 1.61. The van der Waals surface area contributed by atoms with E-state index >= 15 is 0 Å². The van der Waals surface area contributed by atoms with E-state index in [1.54, 1.807) is 0 Å². The van der Waals surface area contributed by atoms with E-state index in [4.69, 9.17) is 0 Å². The summed E-state index contributed by atoms with van der Waals surface area (Å²) in [6.45, 7) is 5.73. The molecule has 0 saturated carbocycles. The summed E-state index contributed by atoms with van der Waals surface area (Å²) in [4.78, 5) is 6.55. The van der Waals surface area contributed by atoms with Gasteiger partial charge in [0.05, 0.1) is 0 Å². The zero-order chi connectivity index (χ0) is 14.4. The van der Waals surface area contributed by atoms with E-state index in [-0.39, 0.29) is 24.0 Å². The van der Waals surface area contributed by atoms with Crippen LogP contribution in [0.2, 0.25) is 0 Å². The van der Waals surface area contributed by atoms with E-state index in [2.05, 4.69) is 53.1 Å². The molecule has 0 amide bonds. The van der Waals surface area contributed by atoms with Crippen molar-refractivity contribution in [2.24, 2.45) is 4.99 Å². The molecule has 1 unspecified atom stereocenters. The Morgan fingerprint density at radius 3 is 2.90 bits per heavy atom. The Bertz CT molecular complexity index is 485. The molecule has 1 atom stereocenters. The standard InChI is InChI=1S/C17H25N3.HI/c1-4-5-8-11-20(3)17(18-2)19-13-15-12-14-9-6-7-10-16(14)15;/h4,6-7,9-10,15H,1,5,8,11-13H2,2-3H3,(H,18,19);1H. The fraction of sp³-hybridized carbons (Fsp3) is 0.471. The fourth-order valence-electron chi connectivity index (χ4n) is 2.72. The Morgan fingerprint density at radius 1 is 1.48 bits per heavy atom. The highest BCUT2D eigenvalue weighted by Gasteiger charge is 2.25. The number of nitrogens with one attached hydrogen (secondary N) is 1. The maximum atomic E-state index is 4.36. The lowest BCUT2D eigenvalue weighted by atomic mass is 9.78. The molecule has 0 spiro atoms. The monoisotopic (exact) mass is 399 g/mol. The molecule has 1 aliphatic carbocycles. The van der Waals surface area contributed by atoms with Crippen LogP contribution in [0.1, 0.15) is 29.9 Å². The number of rotatable bonds is 6. The van der Waals surface area contributed by atoms with Crippen molar-refractivity contribution < 1.29 is 0 Å². The van der Waals surface area contributed by atoms with Gasteiger partial charge in [-0.15, -0.1) is 30.6 Å². The van der Waals surface area contributed by atoms with Crippen LogP contribution in [0.4, 0.5) is 0 Å². The number of nitrogens with zero attached hydrogens (tertiary/aromatic N) is 2. The Labute approximate surface area is 145 Å². The lowest BCUT2D eigenvalue weighted by molar-refractivity contribution is 0.461. The quantitative estimate of drug-likeness (QED) is 0.261. The second-order valence-electron chi connectivity index (χ2n) is 5.38. The first-order chi connectivity index (χ1) is 9.76. The highest BCUT2D eigenvalue weighted by Crippen LogP contribution is 2.33. The molecular formula is C17H26IN3. The number of guanidine groups is 1. The number of unbranched alkanes of at least 4 members (excludes halogenated alkanes) is 1. The smallest absolute Gasteiger partial charge is 0.193 e. The molecule has 116 valence electrons. The van der Waals surface area contributed by atoms with Crippen LogP contribution in [0.15, 0.2) is 41.9 Å². The van der Waals surface area contributed by atoms with Gasteiger partial charge in [0.2, 0.25) is 0 Å². The van der Waals surface area contributed by atoms with Gasteiger partial charge in [-0.1, -0.05) is 30.3 Å².